The molecule has 0 fully saturated rings. The summed E-state index contributed by atoms with van der Waals surface area (Å²) in [4.78, 5) is 10.1. The number of benzene rings is 2. The molecule has 0 aromatic heterocycles. The summed E-state index contributed by atoms with van der Waals surface area (Å²) >= 11 is 0. The number of ether oxygens (including phenoxy) is 1. The minimum absolute atomic E-state index is 0.0818. The van der Waals surface area contributed by atoms with Crippen molar-refractivity contribution in [1.82, 2.24) is 0 Å². The Bertz CT molecular complexity index is 848. The van der Waals surface area contributed by atoms with Gasteiger partial charge < -0.3 is 4.74 Å². The third-order valence-corrected chi connectivity index (χ3v) is 4.04. The highest BCUT2D eigenvalue weighted by atomic mass is 32.2. The SMILES string of the molecule is Cc1ccc(Oc2ccc(S(C)(=O)=O)cc2[N+](=O)[O-])cc1F. The molecule has 22 heavy (non-hydrogen) atoms. The van der Waals surface area contributed by atoms with Gasteiger partial charge in [-0.15, -0.1) is 0 Å². The molecule has 0 N–H and O–H groups in total. The molecule has 8 heteroatoms. The summed E-state index contributed by atoms with van der Waals surface area (Å²) < 4.78 is 41.7. The molecule has 0 unspecified atom stereocenters. The molecule has 6 nitrogen and oxygen atoms in total. The zero-order valence-corrected chi connectivity index (χ0v) is 12.6. The van der Waals surface area contributed by atoms with Gasteiger partial charge in [-0.2, -0.15) is 0 Å². The summed E-state index contributed by atoms with van der Waals surface area (Å²) in [6, 6.07) is 7.32. The van der Waals surface area contributed by atoms with E-state index in [1.165, 1.54) is 24.3 Å². The summed E-state index contributed by atoms with van der Waals surface area (Å²) in [6.07, 6.45) is 0.946. The number of nitro benzene ring substituents is 1. The highest BCUT2D eigenvalue weighted by molar-refractivity contribution is 7.90. The van der Waals surface area contributed by atoms with E-state index in [-0.39, 0.29) is 16.4 Å². The fourth-order valence-corrected chi connectivity index (χ4v) is 2.36. The van der Waals surface area contributed by atoms with Crippen LogP contribution in [0.5, 0.6) is 11.5 Å². The van der Waals surface area contributed by atoms with E-state index >= 15 is 0 Å². The third-order valence-electron chi connectivity index (χ3n) is 2.93. The summed E-state index contributed by atoms with van der Waals surface area (Å²) in [5.74, 6) is -0.591. The van der Waals surface area contributed by atoms with Gasteiger partial charge >= 0.3 is 5.69 Å². The van der Waals surface area contributed by atoms with Gasteiger partial charge in [0.2, 0.25) is 5.75 Å². The zero-order valence-electron chi connectivity index (χ0n) is 11.7. The van der Waals surface area contributed by atoms with E-state index in [0.717, 1.165) is 18.4 Å². The van der Waals surface area contributed by atoms with E-state index in [1.54, 1.807) is 6.92 Å². The fourth-order valence-electron chi connectivity index (χ4n) is 1.72. The molecule has 0 bridgehead atoms. The third kappa shape index (κ3) is 3.40. The van der Waals surface area contributed by atoms with Crippen LogP contribution in [0.1, 0.15) is 5.56 Å². The van der Waals surface area contributed by atoms with Crippen LogP contribution >= 0.6 is 0 Å². The Morgan fingerprint density at radius 3 is 2.41 bits per heavy atom. The summed E-state index contributed by atoms with van der Waals surface area (Å²) in [5.41, 5.74) is -0.0989. The van der Waals surface area contributed by atoms with Crippen molar-refractivity contribution in [2.75, 3.05) is 6.26 Å². The molecule has 0 aliphatic rings. The maximum Gasteiger partial charge on any atom is 0.312 e. The Hall–Kier alpha value is -2.48. The van der Waals surface area contributed by atoms with Gasteiger partial charge in [0.15, 0.2) is 9.84 Å². The Morgan fingerprint density at radius 2 is 1.86 bits per heavy atom. The lowest BCUT2D eigenvalue weighted by atomic mass is 10.2. The molecule has 0 aliphatic heterocycles. The van der Waals surface area contributed by atoms with Crippen LogP contribution in [0.2, 0.25) is 0 Å². The van der Waals surface area contributed by atoms with Crippen LogP contribution in [0, 0.1) is 22.9 Å². The molecular formula is C14H12FNO5S. The zero-order chi connectivity index (χ0) is 16.5. The van der Waals surface area contributed by atoms with E-state index in [1.807, 2.05) is 0 Å². The van der Waals surface area contributed by atoms with Crippen LogP contribution in [0.3, 0.4) is 0 Å². The van der Waals surface area contributed by atoms with E-state index in [9.17, 15) is 22.9 Å². The normalized spacial score (nSPS) is 11.2. The van der Waals surface area contributed by atoms with E-state index < -0.39 is 26.3 Å². The van der Waals surface area contributed by atoms with Crippen LogP contribution < -0.4 is 4.74 Å². The second kappa shape index (κ2) is 5.72. The molecule has 0 spiro atoms. The first-order chi connectivity index (χ1) is 10.2. The number of nitrogens with zero attached hydrogens (tertiary/aromatic N) is 1. The Balaban J connectivity index is 2.46. The van der Waals surface area contributed by atoms with Crippen molar-refractivity contribution < 1.29 is 22.5 Å². The van der Waals surface area contributed by atoms with E-state index in [4.69, 9.17) is 4.74 Å². The largest absolute Gasteiger partial charge is 0.450 e. The molecule has 116 valence electrons. The van der Waals surface area contributed by atoms with Crippen LogP contribution in [-0.2, 0) is 9.84 Å². The van der Waals surface area contributed by atoms with E-state index in [2.05, 4.69) is 0 Å². The second-order valence-electron chi connectivity index (χ2n) is 4.67. The molecule has 2 aromatic rings. The van der Waals surface area contributed by atoms with Crippen LogP contribution in [0.25, 0.3) is 0 Å². The van der Waals surface area contributed by atoms with Crippen molar-refractivity contribution in [2.45, 2.75) is 11.8 Å². The average molecular weight is 325 g/mol. The predicted octanol–water partition coefficient (Wildman–Crippen LogP) is 3.24. The van der Waals surface area contributed by atoms with Gasteiger partial charge in [0.1, 0.15) is 11.6 Å². The lowest BCUT2D eigenvalue weighted by Gasteiger charge is -2.08. The molecule has 0 aliphatic carbocycles. The molecule has 2 rings (SSSR count). The first-order valence-electron chi connectivity index (χ1n) is 6.11. The monoisotopic (exact) mass is 325 g/mol. The van der Waals surface area contributed by atoms with Gasteiger partial charge in [-0.05, 0) is 30.7 Å². The predicted molar refractivity (Wildman–Crippen MR) is 77.4 cm³/mol. The molecular weight excluding hydrogens is 313 g/mol. The molecule has 0 saturated carbocycles. The Morgan fingerprint density at radius 1 is 1.18 bits per heavy atom. The number of aryl methyl sites for hydroxylation is 1. The Labute approximate surface area is 126 Å². The topological polar surface area (TPSA) is 86.5 Å². The van der Waals surface area contributed by atoms with Crippen molar-refractivity contribution in [1.29, 1.82) is 0 Å². The quantitative estimate of drug-likeness (QED) is 0.636. The smallest absolute Gasteiger partial charge is 0.312 e. The highest BCUT2D eigenvalue weighted by Gasteiger charge is 2.20. The number of hydrogen-bond donors (Lipinski definition) is 0. The van der Waals surface area contributed by atoms with Gasteiger partial charge in [0, 0.05) is 18.4 Å². The minimum Gasteiger partial charge on any atom is -0.450 e. The van der Waals surface area contributed by atoms with E-state index in [0.29, 0.717) is 5.56 Å². The number of nitro groups is 1. The van der Waals surface area contributed by atoms with Gasteiger partial charge in [-0.25, -0.2) is 12.8 Å². The summed E-state index contributed by atoms with van der Waals surface area (Å²) in [5, 5.41) is 11.1. The molecule has 0 atom stereocenters. The number of rotatable bonds is 4. The second-order valence-corrected chi connectivity index (χ2v) is 6.69. The van der Waals surface area contributed by atoms with Crippen molar-refractivity contribution in [2.24, 2.45) is 0 Å². The highest BCUT2D eigenvalue weighted by Crippen LogP contribution is 2.33. The summed E-state index contributed by atoms with van der Waals surface area (Å²) in [6.45, 7) is 1.57. The first-order valence-corrected chi connectivity index (χ1v) is 8.00. The molecule has 2 aromatic carbocycles. The standard InChI is InChI=1S/C14H12FNO5S/c1-9-3-4-10(7-12(9)15)21-14-6-5-11(22(2,19)20)8-13(14)16(17)18/h3-8H,1-2H3. The molecule has 0 saturated heterocycles. The first kappa shape index (κ1) is 15.9. The van der Waals surface area contributed by atoms with Crippen LogP contribution in [0.15, 0.2) is 41.3 Å². The maximum atomic E-state index is 13.5. The molecule has 0 heterocycles. The average Bonchev–Trinajstić information content (AvgIpc) is 2.42. The van der Waals surface area contributed by atoms with Crippen molar-refractivity contribution in [3.05, 3.63) is 57.9 Å². The number of hydrogen-bond acceptors (Lipinski definition) is 5. The number of sulfone groups is 1. The van der Waals surface area contributed by atoms with Crippen molar-refractivity contribution in [3.63, 3.8) is 0 Å². The lowest BCUT2D eigenvalue weighted by Crippen LogP contribution is -2.00. The van der Waals surface area contributed by atoms with Gasteiger partial charge in [0.25, 0.3) is 0 Å². The Kier molecular flexibility index (Phi) is 4.14. The van der Waals surface area contributed by atoms with Gasteiger partial charge in [-0.1, -0.05) is 6.07 Å². The van der Waals surface area contributed by atoms with Crippen LogP contribution in [0.4, 0.5) is 10.1 Å². The van der Waals surface area contributed by atoms with Gasteiger partial charge in [-0.3, -0.25) is 10.1 Å². The maximum absolute atomic E-state index is 13.5. The molecule has 0 radical (unpaired) electrons. The van der Waals surface area contributed by atoms with Crippen LogP contribution in [-0.4, -0.2) is 19.6 Å². The summed E-state index contributed by atoms with van der Waals surface area (Å²) in [7, 11) is -3.58. The fraction of sp³-hybridized carbons (Fsp3) is 0.143. The van der Waals surface area contributed by atoms with Crippen molar-refractivity contribution >= 4 is 15.5 Å². The molecule has 0 amide bonds. The van der Waals surface area contributed by atoms with Crippen molar-refractivity contribution in [3.8, 4) is 11.5 Å². The van der Waals surface area contributed by atoms with Gasteiger partial charge in [0.05, 0.1) is 9.82 Å². The lowest BCUT2D eigenvalue weighted by molar-refractivity contribution is -0.385. The number of halogens is 1. The minimum atomic E-state index is -3.58.